The van der Waals surface area contributed by atoms with Gasteiger partial charge in [-0.15, -0.1) is 11.6 Å². The third-order valence-electron chi connectivity index (χ3n) is 3.08. The first-order chi connectivity index (χ1) is 8.88. The number of nitrogens with zero attached hydrogens (tertiary/aromatic N) is 2. The summed E-state index contributed by atoms with van der Waals surface area (Å²) in [6.45, 7) is 4.48. The van der Waals surface area contributed by atoms with Gasteiger partial charge >= 0.3 is 0 Å². The number of ether oxygens (including phenoxy) is 1. The minimum absolute atomic E-state index is 0.0741. The Balaban J connectivity index is 2.60. The van der Waals surface area contributed by atoms with Crippen LogP contribution in [0.15, 0.2) is 12.1 Å². The Morgan fingerprint density at radius 2 is 2.11 bits per heavy atom. The fourth-order valence-corrected chi connectivity index (χ4v) is 2.26. The third-order valence-corrected chi connectivity index (χ3v) is 3.61. The second-order valence-corrected chi connectivity index (χ2v) is 5.64. The van der Waals surface area contributed by atoms with Crippen molar-refractivity contribution >= 4 is 34.2 Å². The summed E-state index contributed by atoms with van der Waals surface area (Å²) < 4.78 is 20.8. The molecule has 0 aliphatic carbocycles. The Morgan fingerprint density at radius 1 is 1.42 bits per heavy atom. The van der Waals surface area contributed by atoms with Crippen molar-refractivity contribution in [2.45, 2.75) is 31.9 Å². The predicted octanol–water partition coefficient (Wildman–Crippen LogP) is 3.99. The van der Waals surface area contributed by atoms with E-state index in [2.05, 4.69) is 4.98 Å². The number of methoxy groups -OCH3 is 1. The molecule has 19 heavy (non-hydrogen) atoms. The van der Waals surface area contributed by atoms with Crippen LogP contribution in [0.3, 0.4) is 0 Å². The molecule has 0 unspecified atom stereocenters. The fourth-order valence-electron chi connectivity index (χ4n) is 1.89. The van der Waals surface area contributed by atoms with Crippen LogP contribution in [0.5, 0.6) is 0 Å². The summed E-state index contributed by atoms with van der Waals surface area (Å²) in [6, 6.07) is 2.89. The number of fused-ring (bicyclic) bond motifs is 1. The van der Waals surface area contributed by atoms with Crippen molar-refractivity contribution in [1.82, 2.24) is 9.55 Å². The number of aromatic nitrogens is 2. The summed E-state index contributed by atoms with van der Waals surface area (Å²) in [6.07, 6.45) is 0. The van der Waals surface area contributed by atoms with E-state index in [1.165, 1.54) is 6.07 Å². The Hall–Kier alpha value is -0.840. The molecule has 0 atom stereocenters. The van der Waals surface area contributed by atoms with E-state index >= 15 is 0 Å². The van der Waals surface area contributed by atoms with Gasteiger partial charge in [0.25, 0.3) is 0 Å². The molecule has 1 aromatic heterocycles. The molecular formula is C13H15Cl2FN2O. The smallest absolute Gasteiger partial charge is 0.144 e. The zero-order valence-corrected chi connectivity index (χ0v) is 12.5. The minimum atomic E-state index is -0.481. The molecular weight excluding hydrogens is 290 g/mol. The van der Waals surface area contributed by atoms with Crippen molar-refractivity contribution in [3.63, 3.8) is 0 Å². The number of halogens is 3. The van der Waals surface area contributed by atoms with Crippen molar-refractivity contribution in [3.8, 4) is 0 Å². The van der Waals surface area contributed by atoms with Gasteiger partial charge in [-0.2, -0.15) is 0 Å². The zero-order valence-electron chi connectivity index (χ0n) is 11.0. The van der Waals surface area contributed by atoms with Gasteiger partial charge in [-0.1, -0.05) is 11.6 Å². The topological polar surface area (TPSA) is 27.1 Å². The Labute approximate surface area is 121 Å². The average molecular weight is 305 g/mol. The van der Waals surface area contributed by atoms with Crippen molar-refractivity contribution in [2.24, 2.45) is 0 Å². The van der Waals surface area contributed by atoms with E-state index in [1.54, 1.807) is 13.2 Å². The standard InChI is InChI=1S/C13H15Cl2FN2O/c1-13(2,19-3)7-18-11-4-8(15)9(16)5-10(11)17-12(18)6-14/h4-5H,6-7H2,1-3H3. The highest BCUT2D eigenvalue weighted by Gasteiger charge is 2.21. The lowest BCUT2D eigenvalue weighted by Gasteiger charge is -2.24. The Morgan fingerprint density at radius 3 is 2.68 bits per heavy atom. The molecule has 1 aromatic carbocycles. The van der Waals surface area contributed by atoms with Gasteiger partial charge < -0.3 is 9.30 Å². The number of alkyl halides is 1. The summed E-state index contributed by atoms with van der Waals surface area (Å²) in [5.41, 5.74) is 0.923. The molecule has 0 fully saturated rings. The molecule has 0 saturated heterocycles. The molecule has 1 heterocycles. The maximum atomic E-state index is 13.5. The minimum Gasteiger partial charge on any atom is -0.377 e. The van der Waals surface area contributed by atoms with Gasteiger partial charge in [-0.3, -0.25) is 0 Å². The van der Waals surface area contributed by atoms with Crippen LogP contribution in [0, 0.1) is 5.82 Å². The Bertz CT molecular complexity index is 610. The second kappa shape index (κ2) is 5.27. The van der Waals surface area contributed by atoms with Gasteiger partial charge in [0.1, 0.15) is 11.6 Å². The summed E-state index contributed by atoms with van der Waals surface area (Å²) in [7, 11) is 1.64. The molecule has 0 radical (unpaired) electrons. The van der Waals surface area contributed by atoms with E-state index in [0.717, 1.165) is 5.52 Å². The summed E-state index contributed by atoms with van der Waals surface area (Å²) in [5.74, 6) is 0.433. The second-order valence-electron chi connectivity index (χ2n) is 4.97. The molecule has 104 valence electrons. The van der Waals surface area contributed by atoms with Crippen molar-refractivity contribution in [2.75, 3.05) is 7.11 Å². The largest absolute Gasteiger partial charge is 0.377 e. The number of rotatable bonds is 4. The van der Waals surface area contributed by atoms with E-state index < -0.39 is 5.82 Å². The SMILES string of the molecule is COC(C)(C)Cn1c(CCl)nc2cc(F)c(Cl)cc21. The maximum Gasteiger partial charge on any atom is 0.144 e. The molecule has 0 saturated carbocycles. The highest BCUT2D eigenvalue weighted by Crippen LogP contribution is 2.26. The van der Waals surface area contributed by atoms with Gasteiger partial charge in [0.2, 0.25) is 0 Å². The van der Waals surface area contributed by atoms with Crippen LogP contribution in [-0.4, -0.2) is 22.3 Å². The molecule has 0 aliphatic heterocycles. The highest BCUT2D eigenvalue weighted by molar-refractivity contribution is 6.31. The normalized spacial score (nSPS) is 12.3. The van der Waals surface area contributed by atoms with E-state index in [4.69, 9.17) is 27.9 Å². The summed E-state index contributed by atoms with van der Waals surface area (Å²) >= 11 is 11.7. The molecule has 3 nitrogen and oxygen atoms in total. The number of hydrogen-bond donors (Lipinski definition) is 0. The van der Waals surface area contributed by atoms with Crippen LogP contribution in [0.1, 0.15) is 19.7 Å². The van der Waals surface area contributed by atoms with Gasteiger partial charge in [-0.05, 0) is 19.9 Å². The van der Waals surface area contributed by atoms with Crippen LogP contribution in [0.4, 0.5) is 4.39 Å². The molecule has 0 aliphatic rings. The Kier molecular flexibility index (Phi) is 4.04. The van der Waals surface area contributed by atoms with Crippen LogP contribution in [-0.2, 0) is 17.2 Å². The van der Waals surface area contributed by atoms with Crippen LogP contribution in [0.25, 0.3) is 11.0 Å². The first-order valence-electron chi connectivity index (χ1n) is 5.83. The summed E-state index contributed by atoms with van der Waals surface area (Å²) in [4.78, 5) is 4.33. The zero-order chi connectivity index (χ0) is 14.2. The van der Waals surface area contributed by atoms with Crippen molar-refractivity contribution in [1.29, 1.82) is 0 Å². The number of benzene rings is 1. The molecule has 0 bridgehead atoms. The molecule has 0 amide bonds. The highest BCUT2D eigenvalue weighted by atomic mass is 35.5. The van der Waals surface area contributed by atoms with Gasteiger partial charge in [-0.25, -0.2) is 9.37 Å². The summed E-state index contributed by atoms with van der Waals surface area (Å²) in [5, 5.41) is 0.0741. The van der Waals surface area contributed by atoms with E-state index in [9.17, 15) is 4.39 Å². The third kappa shape index (κ3) is 2.86. The van der Waals surface area contributed by atoms with E-state index in [1.807, 2.05) is 18.4 Å². The molecule has 0 spiro atoms. The van der Waals surface area contributed by atoms with E-state index in [0.29, 0.717) is 17.9 Å². The maximum absolute atomic E-state index is 13.5. The average Bonchev–Trinajstić information content (AvgIpc) is 2.67. The lowest BCUT2D eigenvalue weighted by Crippen LogP contribution is -2.29. The van der Waals surface area contributed by atoms with Crippen molar-refractivity contribution < 1.29 is 9.13 Å². The van der Waals surface area contributed by atoms with Crippen LogP contribution >= 0.6 is 23.2 Å². The predicted molar refractivity (Wildman–Crippen MR) is 75.3 cm³/mol. The van der Waals surface area contributed by atoms with Gasteiger partial charge in [0, 0.05) is 13.2 Å². The number of imidazole rings is 1. The van der Waals surface area contributed by atoms with Crippen molar-refractivity contribution in [3.05, 3.63) is 28.8 Å². The van der Waals surface area contributed by atoms with Crippen LogP contribution < -0.4 is 0 Å². The first kappa shape index (κ1) is 14.6. The molecule has 2 aromatic rings. The fraction of sp³-hybridized carbons (Fsp3) is 0.462. The van der Waals surface area contributed by atoms with Gasteiger partial charge in [0.05, 0.1) is 34.1 Å². The van der Waals surface area contributed by atoms with Crippen LogP contribution in [0.2, 0.25) is 5.02 Å². The monoisotopic (exact) mass is 304 g/mol. The molecule has 2 rings (SSSR count). The van der Waals surface area contributed by atoms with Gasteiger partial charge in [0.15, 0.2) is 0 Å². The first-order valence-corrected chi connectivity index (χ1v) is 6.74. The number of hydrogen-bond acceptors (Lipinski definition) is 2. The quantitative estimate of drug-likeness (QED) is 0.799. The lowest BCUT2D eigenvalue weighted by molar-refractivity contribution is 0.00854. The molecule has 6 heteroatoms. The lowest BCUT2D eigenvalue weighted by atomic mass is 10.1. The van der Waals surface area contributed by atoms with E-state index in [-0.39, 0.29) is 16.5 Å². The molecule has 0 N–H and O–H groups in total.